The summed E-state index contributed by atoms with van der Waals surface area (Å²) < 4.78 is 10.1. The van der Waals surface area contributed by atoms with Gasteiger partial charge in [-0.25, -0.2) is 0 Å². The van der Waals surface area contributed by atoms with Crippen LogP contribution in [0.4, 0.5) is 0 Å². The summed E-state index contributed by atoms with van der Waals surface area (Å²) >= 11 is 5.83. The average Bonchev–Trinajstić information content (AvgIpc) is 2.25. The topological polar surface area (TPSA) is 61.6 Å². The first-order chi connectivity index (χ1) is 7.58. The van der Waals surface area contributed by atoms with Gasteiger partial charge in [0.1, 0.15) is 0 Å². The number of methoxy groups -OCH3 is 2. The molecule has 86 valence electrons. The van der Waals surface area contributed by atoms with Crippen LogP contribution in [0.5, 0.6) is 11.5 Å². The predicted molar refractivity (Wildman–Crippen MR) is 60.6 cm³/mol. The second kappa shape index (κ2) is 5.37. The molecule has 0 atom stereocenters. The number of nitro groups is 1. The molecule has 0 aliphatic heterocycles. The zero-order valence-corrected chi connectivity index (χ0v) is 9.52. The number of halogens is 1. The van der Waals surface area contributed by atoms with E-state index in [9.17, 15) is 10.1 Å². The Morgan fingerprint density at radius 2 is 2.06 bits per heavy atom. The number of hydrogen-bond donors (Lipinski definition) is 0. The number of hydrogen-bond acceptors (Lipinski definition) is 4. The summed E-state index contributed by atoms with van der Waals surface area (Å²) in [6.07, 6.45) is 2.11. The van der Waals surface area contributed by atoms with Crippen molar-refractivity contribution in [2.75, 3.05) is 14.2 Å². The van der Waals surface area contributed by atoms with E-state index in [1.807, 2.05) is 0 Å². The van der Waals surface area contributed by atoms with Crippen LogP contribution in [0.3, 0.4) is 0 Å². The lowest BCUT2D eigenvalue weighted by Crippen LogP contribution is -1.93. The Labute approximate surface area is 97.4 Å². The van der Waals surface area contributed by atoms with Crippen LogP contribution >= 0.6 is 11.6 Å². The van der Waals surface area contributed by atoms with Crippen molar-refractivity contribution < 1.29 is 14.4 Å². The Hall–Kier alpha value is -1.75. The highest BCUT2D eigenvalue weighted by atomic mass is 35.5. The fourth-order valence-electron chi connectivity index (χ4n) is 1.22. The molecule has 0 unspecified atom stereocenters. The van der Waals surface area contributed by atoms with Gasteiger partial charge in [-0.2, -0.15) is 0 Å². The van der Waals surface area contributed by atoms with Gasteiger partial charge in [-0.05, 0) is 6.07 Å². The Morgan fingerprint density at radius 3 is 2.56 bits per heavy atom. The smallest absolute Gasteiger partial charge is 0.235 e. The van der Waals surface area contributed by atoms with E-state index in [2.05, 4.69) is 0 Å². The summed E-state index contributed by atoms with van der Waals surface area (Å²) in [6.45, 7) is 0. The van der Waals surface area contributed by atoms with Crippen LogP contribution in [0.15, 0.2) is 18.3 Å². The van der Waals surface area contributed by atoms with Crippen molar-refractivity contribution in [2.24, 2.45) is 0 Å². The van der Waals surface area contributed by atoms with E-state index < -0.39 is 4.92 Å². The van der Waals surface area contributed by atoms with E-state index in [-0.39, 0.29) is 0 Å². The third-order valence-corrected chi connectivity index (χ3v) is 2.07. The van der Waals surface area contributed by atoms with Crippen LogP contribution in [-0.4, -0.2) is 19.1 Å². The third kappa shape index (κ3) is 2.87. The normalized spacial score (nSPS) is 10.4. The molecule has 1 aromatic rings. The summed E-state index contributed by atoms with van der Waals surface area (Å²) in [7, 11) is 2.92. The Bertz CT molecular complexity index is 431. The Balaban J connectivity index is 3.25. The van der Waals surface area contributed by atoms with E-state index in [0.717, 1.165) is 6.20 Å². The predicted octanol–water partition coefficient (Wildman–Crippen LogP) is 2.60. The van der Waals surface area contributed by atoms with Gasteiger partial charge in [-0.1, -0.05) is 11.6 Å². The van der Waals surface area contributed by atoms with E-state index >= 15 is 0 Å². The highest BCUT2D eigenvalue weighted by Crippen LogP contribution is 2.35. The minimum Gasteiger partial charge on any atom is -0.493 e. The summed E-state index contributed by atoms with van der Waals surface area (Å²) in [5, 5.41) is 10.6. The molecule has 1 aromatic carbocycles. The largest absolute Gasteiger partial charge is 0.493 e. The zero-order valence-electron chi connectivity index (χ0n) is 8.77. The van der Waals surface area contributed by atoms with Crippen LogP contribution in [0.2, 0.25) is 5.02 Å². The number of ether oxygens (including phenoxy) is 2. The maximum absolute atomic E-state index is 10.2. The SMILES string of the molecule is COc1cc(Cl)cc(/C=C/[N+](=O)[O-])c1OC. The van der Waals surface area contributed by atoms with Crippen molar-refractivity contribution in [3.63, 3.8) is 0 Å². The fourth-order valence-corrected chi connectivity index (χ4v) is 1.44. The lowest BCUT2D eigenvalue weighted by Gasteiger charge is -2.10. The summed E-state index contributed by atoms with van der Waals surface area (Å²) in [4.78, 5) is 9.66. The molecule has 0 aliphatic rings. The van der Waals surface area contributed by atoms with Crippen LogP contribution in [0.1, 0.15) is 5.56 Å². The number of rotatable bonds is 4. The van der Waals surface area contributed by atoms with Gasteiger partial charge in [0.2, 0.25) is 6.20 Å². The molecular formula is C10H10ClNO4. The third-order valence-electron chi connectivity index (χ3n) is 1.85. The molecule has 0 heterocycles. The summed E-state index contributed by atoms with van der Waals surface area (Å²) in [5.74, 6) is 0.836. The first kappa shape index (κ1) is 12.3. The lowest BCUT2D eigenvalue weighted by molar-refractivity contribution is -0.400. The van der Waals surface area contributed by atoms with Gasteiger partial charge in [0.15, 0.2) is 11.5 Å². The van der Waals surface area contributed by atoms with Crippen molar-refractivity contribution in [3.8, 4) is 11.5 Å². The first-order valence-corrected chi connectivity index (χ1v) is 4.69. The van der Waals surface area contributed by atoms with E-state index in [4.69, 9.17) is 21.1 Å². The minimum absolute atomic E-state index is 0.407. The molecule has 6 heteroatoms. The van der Waals surface area contributed by atoms with Gasteiger partial charge in [-0.3, -0.25) is 10.1 Å². The second-order valence-electron chi connectivity index (χ2n) is 2.83. The fraction of sp³-hybridized carbons (Fsp3) is 0.200. The molecule has 0 fully saturated rings. The van der Waals surface area contributed by atoms with E-state index in [1.54, 1.807) is 12.1 Å². The molecule has 0 N–H and O–H groups in total. The number of nitrogens with zero attached hydrogens (tertiary/aromatic N) is 1. The number of benzene rings is 1. The van der Waals surface area contributed by atoms with Crippen LogP contribution in [-0.2, 0) is 0 Å². The standard InChI is InChI=1S/C10H10ClNO4/c1-15-9-6-8(11)5-7(10(9)16-2)3-4-12(13)14/h3-6H,1-2H3/b4-3+. The lowest BCUT2D eigenvalue weighted by atomic mass is 10.2. The zero-order chi connectivity index (χ0) is 12.1. The van der Waals surface area contributed by atoms with Crippen molar-refractivity contribution in [2.45, 2.75) is 0 Å². The molecule has 1 rings (SSSR count). The van der Waals surface area contributed by atoms with Crippen molar-refractivity contribution in [3.05, 3.63) is 39.0 Å². The summed E-state index contributed by atoms with van der Waals surface area (Å²) in [6, 6.07) is 3.13. The molecule has 0 saturated heterocycles. The molecule has 16 heavy (non-hydrogen) atoms. The molecule has 0 aromatic heterocycles. The quantitative estimate of drug-likeness (QED) is 0.602. The van der Waals surface area contributed by atoms with Gasteiger partial charge in [-0.15, -0.1) is 0 Å². The van der Waals surface area contributed by atoms with Gasteiger partial charge in [0.25, 0.3) is 0 Å². The highest BCUT2D eigenvalue weighted by molar-refractivity contribution is 6.31. The first-order valence-electron chi connectivity index (χ1n) is 4.31. The molecule has 0 radical (unpaired) electrons. The monoisotopic (exact) mass is 243 g/mol. The van der Waals surface area contributed by atoms with E-state index in [1.165, 1.54) is 20.3 Å². The van der Waals surface area contributed by atoms with Crippen molar-refractivity contribution in [1.29, 1.82) is 0 Å². The molecule has 0 spiro atoms. The Kier molecular flexibility index (Phi) is 4.13. The maximum Gasteiger partial charge on any atom is 0.235 e. The molecule has 0 bridgehead atoms. The van der Waals surface area contributed by atoms with Crippen molar-refractivity contribution >= 4 is 17.7 Å². The molecule has 5 nitrogen and oxygen atoms in total. The van der Waals surface area contributed by atoms with Crippen LogP contribution in [0.25, 0.3) is 6.08 Å². The highest BCUT2D eigenvalue weighted by Gasteiger charge is 2.10. The van der Waals surface area contributed by atoms with Crippen LogP contribution < -0.4 is 9.47 Å². The van der Waals surface area contributed by atoms with Gasteiger partial charge >= 0.3 is 0 Å². The average molecular weight is 244 g/mol. The van der Waals surface area contributed by atoms with E-state index in [0.29, 0.717) is 22.1 Å². The molecule has 0 amide bonds. The molecular weight excluding hydrogens is 234 g/mol. The molecule has 0 saturated carbocycles. The summed E-state index contributed by atoms with van der Waals surface area (Å²) in [5.41, 5.74) is 0.489. The Morgan fingerprint density at radius 1 is 1.38 bits per heavy atom. The maximum atomic E-state index is 10.2. The second-order valence-corrected chi connectivity index (χ2v) is 3.27. The van der Waals surface area contributed by atoms with Gasteiger partial charge in [0, 0.05) is 22.7 Å². The van der Waals surface area contributed by atoms with Crippen LogP contribution in [0, 0.1) is 10.1 Å². The van der Waals surface area contributed by atoms with Gasteiger partial charge in [0.05, 0.1) is 19.1 Å². The van der Waals surface area contributed by atoms with Crippen molar-refractivity contribution in [1.82, 2.24) is 0 Å². The molecule has 0 aliphatic carbocycles. The van der Waals surface area contributed by atoms with Gasteiger partial charge < -0.3 is 9.47 Å². The minimum atomic E-state index is -0.563.